The Bertz CT molecular complexity index is 538. The minimum absolute atomic E-state index is 0.390. The number of rotatable bonds is 4. The van der Waals surface area contributed by atoms with Crippen LogP contribution in [-0.4, -0.2) is 14.2 Å². The summed E-state index contributed by atoms with van der Waals surface area (Å²) in [7, 11) is 3.67. The van der Waals surface area contributed by atoms with Crippen molar-refractivity contribution in [2.45, 2.75) is 13.0 Å². The fourth-order valence-electron chi connectivity index (χ4n) is 1.70. The molecule has 2 nitrogen and oxygen atoms in total. The Hall–Kier alpha value is -0.840. The van der Waals surface area contributed by atoms with E-state index in [9.17, 15) is 0 Å². The Balaban J connectivity index is 2.34. The zero-order valence-corrected chi connectivity index (χ0v) is 13.1. The number of hydrogen-bond donors (Lipinski definition) is 1. The van der Waals surface area contributed by atoms with Crippen LogP contribution in [0.2, 0.25) is 0 Å². The van der Waals surface area contributed by atoms with Crippen molar-refractivity contribution < 1.29 is 4.74 Å². The second kappa shape index (κ2) is 5.87. The number of ether oxygens (including phenoxy) is 1. The molecule has 1 N–H and O–H groups in total. The summed E-state index contributed by atoms with van der Waals surface area (Å²) in [5.41, 5.74) is 1.19. The van der Waals surface area contributed by atoms with Gasteiger partial charge in [-0.3, -0.25) is 0 Å². The van der Waals surface area contributed by atoms with Gasteiger partial charge in [-0.1, -0.05) is 6.07 Å². The molecule has 1 aromatic carbocycles. The van der Waals surface area contributed by atoms with Gasteiger partial charge < -0.3 is 10.1 Å². The van der Waals surface area contributed by atoms with Crippen LogP contribution in [0.15, 0.2) is 34.8 Å². The van der Waals surface area contributed by atoms with Gasteiger partial charge in [0, 0.05) is 15.8 Å². The van der Waals surface area contributed by atoms with Crippen LogP contribution in [-0.2, 0) is 0 Å². The lowest BCUT2D eigenvalue weighted by Crippen LogP contribution is -2.10. The smallest absolute Gasteiger partial charge is 0.133 e. The summed E-state index contributed by atoms with van der Waals surface area (Å²) in [4.78, 5) is 2.60. The monoisotopic (exact) mass is 325 g/mol. The number of benzene rings is 1. The summed E-state index contributed by atoms with van der Waals surface area (Å²) in [6.45, 7) is 2.16. The van der Waals surface area contributed by atoms with Gasteiger partial charge >= 0.3 is 0 Å². The minimum atomic E-state index is 0.390. The van der Waals surface area contributed by atoms with Crippen LogP contribution in [0.4, 0.5) is 0 Å². The van der Waals surface area contributed by atoms with Crippen molar-refractivity contribution in [2.75, 3.05) is 14.2 Å². The Morgan fingerprint density at radius 1 is 1.28 bits per heavy atom. The molecule has 0 amide bonds. The summed E-state index contributed by atoms with van der Waals surface area (Å²) >= 11 is 5.28. The zero-order chi connectivity index (χ0) is 13.1. The second-order valence-electron chi connectivity index (χ2n) is 4.06. The lowest BCUT2D eigenvalue weighted by Gasteiger charge is -2.07. The van der Waals surface area contributed by atoms with E-state index in [1.54, 1.807) is 7.11 Å². The molecule has 0 saturated carbocycles. The predicted molar refractivity (Wildman–Crippen MR) is 81.5 cm³/mol. The van der Waals surface area contributed by atoms with E-state index in [1.807, 2.05) is 24.5 Å². The number of methoxy groups -OCH3 is 1. The third-order valence-corrected chi connectivity index (χ3v) is 4.89. The van der Waals surface area contributed by atoms with Crippen LogP contribution in [0.25, 0.3) is 10.4 Å². The molecule has 4 heteroatoms. The molecule has 0 saturated heterocycles. The third kappa shape index (κ3) is 2.76. The summed E-state index contributed by atoms with van der Waals surface area (Å²) in [5.74, 6) is 0.865. The lowest BCUT2D eigenvalue weighted by atomic mass is 10.2. The van der Waals surface area contributed by atoms with Gasteiger partial charge in [-0.25, -0.2) is 0 Å². The van der Waals surface area contributed by atoms with Crippen LogP contribution < -0.4 is 10.1 Å². The van der Waals surface area contributed by atoms with Gasteiger partial charge in [-0.05, 0) is 59.7 Å². The van der Waals surface area contributed by atoms with Crippen molar-refractivity contribution in [2.24, 2.45) is 0 Å². The van der Waals surface area contributed by atoms with E-state index in [1.165, 1.54) is 15.3 Å². The van der Waals surface area contributed by atoms with Crippen LogP contribution in [0.1, 0.15) is 17.8 Å². The lowest BCUT2D eigenvalue weighted by molar-refractivity contribution is 0.412. The van der Waals surface area contributed by atoms with Crippen LogP contribution in [0.5, 0.6) is 5.75 Å². The molecule has 1 unspecified atom stereocenters. The van der Waals surface area contributed by atoms with E-state index < -0.39 is 0 Å². The third-order valence-electron chi connectivity index (χ3n) is 2.92. The SMILES string of the molecule is CNC(C)c1ccc(-c2ccc(Br)c(OC)c2)s1. The van der Waals surface area contributed by atoms with E-state index in [4.69, 9.17) is 4.74 Å². The van der Waals surface area contributed by atoms with Crippen molar-refractivity contribution in [3.05, 3.63) is 39.7 Å². The van der Waals surface area contributed by atoms with Crippen molar-refractivity contribution in [3.63, 3.8) is 0 Å². The highest BCUT2D eigenvalue weighted by Gasteiger charge is 2.09. The highest BCUT2D eigenvalue weighted by Crippen LogP contribution is 2.35. The molecule has 0 aliphatic heterocycles. The molecule has 0 radical (unpaired) electrons. The molecule has 2 aromatic rings. The fourth-order valence-corrected chi connectivity index (χ4v) is 3.17. The minimum Gasteiger partial charge on any atom is -0.496 e. The normalized spacial score (nSPS) is 12.4. The molecular formula is C14H16BrNOS. The first-order chi connectivity index (χ1) is 8.65. The second-order valence-corrected chi connectivity index (χ2v) is 6.03. The first-order valence-electron chi connectivity index (χ1n) is 5.76. The van der Waals surface area contributed by atoms with Gasteiger partial charge in [-0.2, -0.15) is 0 Å². The van der Waals surface area contributed by atoms with E-state index in [2.05, 4.69) is 52.4 Å². The number of nitrogens with one attached hydrogen (secondary N) is 1. The molecular weight excluding hydrogens is 310 g/mol. The van der Waals surface area contributed by atoms with Gasteiger partial charge in [-0.15, -0.1) is 11.3 Å². The Labute approximate surface area is 120 Å². The molecule has 2 rings (SSSR count). The van der Waals surface area contributed by atoms with E-state index in [0.717, 1.165) is 10.2 Å². The summed E-state index contributed by atoms with van der Waals surface area (Å²) in [6, 6.07) is 10.9. The highest BCUT2D eigenvalue weighted by molar-refractivity contribution is 9.10. The van der Waals surface area contributed by atoms with Crippen molar-refractivity contribution in [1.29, 1.82) is 0 Å². The number of hydrogen-bond acceptors (Lipinski definition) is 3. The van der Waals surface area contributed by atoms with E-state index >= 15 is 0 Å². The van der Waals surface area contributed by atoms with Crippen molar-refractivity contribution >= 4 is 27.3 Å². The summed E-state index contributed by atoms with van der Waals surface area (Å²) < 4.78 is 6.31. The quantitative estimate of drug-likeness (QED) is 0.895. The summed E-state index contributed by atoms with van der Waals surface area (Å²) in [5, 5.41) is 3.26. The molecule has 96 valence electrons. The van der Waals surface area contributed by atoms with Crippen molar-refractivity contribution in [3.8, 4) is 16.2 Å². The first-order valence-corrected chi connectivity index (χ1v) is 7.37. The molecule has 0 fully saturated rings. The molecule has 0 bridgehead atoms. The first kappa shape index (κ1) is 13.6. The van der Waals surface area contributed by atoms with Gasteiger partial charge in [0.15, 0.2) is 0 Å². The summed E-state index contributed by atoms with van der Waals surface area (Å²) in [6.07, 6.45) is 0. The Morgan fingerprint density at radius 3 is 2.72 bits per heavy atom. The van der Waals surface area contributed by atoms with Gasteiger partial charge in [0.25, 0.3) is 0 Å². The fraction of sp³-hybridized carbons (Fsp3) is 0.286. The molecule has 1 heterocycles. The molecule has 1 atom stereocenters. The van der Waals surface area contributed by atoms with Crippen LogP contribution in [0.3, 0.4) is 0 Å². The Kier molecular flexibility index (Phi) is 4.43. The number of thiophene rings is 1. The number of halogens is 1. The average molecular weight is 326 g/mol. The van der Waals surface area contributed by atoms with E-state index in [0.29, 0.717) is 6.04 Å². The largest absolute Gasteiger partial charge is 0.496 e. The maximum Gasteiger partial charge on any atom is 0.133 e. The molecule has 1 aromatic heterocycles. The highest BCUT2D eigenvalue weighted by atomic mass is 79.9. The Morgan fingerprint density at radius 2 is 2.06 bits per heavy atom. The van der Waals surface area contributed by atoms with Gasteiger partial charge in [0.1, 0.15) is 5.75 Å². The van der Waals surface area contributed by atoms with Gasteiger partial charge in [0.2, 0.25) is 0 Å². The van der Waals surface area contributed by atoms with Crippen LogP contribution in [0, 0.1) is 0 Å². The standard InChI is InChI=1S/C14H16BrNOS/c1-9(16-2)13-6-7-14(18-13)10-4-5-11(15)12(8-10)17-3/h4-9,16H,1-3H3. The van der Waals surface area contributed by atoms with Crippen LogP contribution >= 0.6 is 27.3 Å². The maximum atomic E-state index is 5.33. The zero-order valence-electron chi connectivity index (χ0n) is 10.7. The molecule has 0 spiro atoms. The molecule has 0 aliphatic rings. The topological polar surface area (TPSA) is 21.3 Å². The average Bonchev–Trinajstić information content (AvgIpc) is 2.88. The predicted octanol–water partition coefficient (Wildman–Crippen LogP) is 4.47. The van der Waals surface area contributed by atoms with Gasteiger partial charge in [0.05, 0.1) is 11.6 Å². The molecule has 0 aliphatic carbocycles. The van der Waals surface area contributed by atoms with E-state index in [-0.39, 0.29) is 0 Å². The maximum absolute atomic E-state index is 5.33. The molecule has 18 heavy (non-hydrogen) atoms. The van der Waals surface area contributed by atoms with Crippen molar-refractivity contribution in [1.82, 2.24) is 5.32 Å².